The van der Waals surface area contributed by atoms with Gasteiger partial charge in [-0.2, -0.15) is 18.3 Å². The topological polar surface area (TPSA) is 15.6 Å². The molecule has 1 aliphatic carbocycles. The third-order valence-electron chi connectivity index (χ3n) is 2.81. The Bertz CT molecular complexity index is 263. The number of alkyl halides is 5. The van der Waals surface area contributed by atoms with Crippen molar-refractivity contribution in [3.8, 4) is 0 Å². The monoisotopic (exact) mass is 244 g/mol. The van der Waals surface area contributed by atoms with Crippen molar-refractivity contribution in [3.05, 3.63) is 0 Å². The molecule has 0 radical (unpaired) electrons. The molecule has 0 N–H and O–H groups in total. The summed E-state index contributed by atoms with van der Waals surface area (Å²) >= 11 is 0. The second-order valence-electron chi connectivity index (χ2n) is 4.15. The minimum atomic E-state index is -4.58. The number of nitrogens with zero attached hydrogens (tertiary/aromatic N) is 2. The second kappa shape index (κ2) is 4.18. The van der Waals surface area contributed by atoms with Gasteiger partial charge in [-0.3, -0.25) is 0 Å². The summed E-state index contributed by atoms with van der Waals surface area (Å²) in [5.41, 5.74) is 0. The number of halogens is 5. The maximum atomic E-state index is 13.0. The van der Waals surface area contributed by atoms with Crippen molar-refractivity contribution < 1.29 is 22.0 Å². The van der Waals surface area contributed by atoms with E-state index in [4.69, 9.17) is 0 Å². The fraction of sp³-hybridized carbons (Fsp3) is 0.889. The quantitative estimate of drug-likeness (QED) is 0.423. The lowest BCUT2D eigenvalue weighted by Gasteiger charge is -2.24. The van der Waals surface area contributed by atoms with E-state index >= 15 is 0 Å². The number of rotatable bonds is 3. The van der Waals surface area contributed by atoms with Crippen LogP contribution in [0.3, 0.4) is 0 Å². The van der Waals surface area contributed by atoms with Crippen LogP contribution in [0.4, 0.5) is 22.0 Å². The molecule has 0 bridgehead atoms. The fourth-order valence-electron chi connectivity index (χ4n) is 2.07. The van der Waals surface area contributed by atoms with Gasteiger partial charge in [0.05, 0.1) is 5.92 Å². The van der Waals surface area contributed by atoms with Crippen LogP contribution in [-0.4, -0.2) is 37.4 Å². The Balaban J connectivity index is 2.76. The Hall–Kier alpha value is -0.880. The first-order valence-electron chi connectivity index (χ1n) is 4.78. The van der Waals surface area contributed by atoms with Crippen molar-refractivity contribution in [2.45, 2.75) is 24.9 Å². The average Bonchev–Trinajstić information content (AvgIpc) is 2.40. The van der Waals surface area contributed by atoms with Crippen LogP contribution in [0, 0.1) is 11.8 Å². The van der Waals surface area contributed by atoms with Crippen LogP contribution in [0.2, 0.25) is 0 Å². The summed E-state index contributed by atoms with van der Waals surface area (Å²) < 4.78 is 63.5. The van der Waals surface area contributed by atoms with Gasteiger partial charge in [0.25, 0.3) is 0 Å². The molecule has 7 heteroatoms. The summed E-state index contributed by atoms with van der Waals surface area (Å²) in [5.74, 6) is -6.30. The zero-order valence-corrected chi connectivity index (χ0v) is 8.77. The van der Waals surface area contributed by atoms with E-state index in [9.17, 15) is 22.0 Å². The summed E-state index contributed by atoms with van der Waals surface area (Å²) in [6, 6.07) is 0. The van der Waals surface area contributed by atoms with E-state index in [-0.39, 0.29) is 6.54 Å². The predicted octanol–water partition coefficient (Wildman–Crippen LogP) is 2.76. The molecule has 0 aromatic carbocycles. The molecule has 0 aliphatic heterocycles. The van der Waals surface area contributed by atoms with E-state index < -0.39 is 36.8 Å². The first-order valence-corrected chi connectivity index (χ1v) is 4.78. The van der Waals surface area contributed by atoms with Gasteiger partial charge >= 0.3 is 6.18 Å². The predicted molar refractivity (Wildman–Crippen MR) is 49.4 cm³/mol. The normalized spacial score (nSPS) is 29.1. The number of hydrogen-bond acceptors (Lipinski definition) is 2. The summed E-state index contributed by atoms with van der Waals surface area (Å²) in [6.07, 6.45) is -6.43. The van der Waals surface area contributed by atoms with Gasteiger partial charge in [-0.1, -0.05) is 0 Å². The van der Waals surface area contributed by atoms with Crippen LogP contribution in [0.25, 0.3) is 0 Å². The van der Waals surface area contributed by atoms with Crippen LogP contribution < -0.4 is 0 Å². The third-order valence-corrected chi connectivity index (χ3v) is 2.81. The second-order valence-corrected chi connectivity index (χ2v) is 4.15. The van der Waals surface area contributed by atoms with E-state index in [1.807, 2.05) is 0 Å². The molecule has 0 amide bonds. The summed E-state index contributed by atoms with van der Waals surface area (Å²) in [7, 11) is 1.41. The zero-order valence-electron chi connectivity index (χ0n) is 8.77. The maximum absolute atomic E-state index is 13.0. The molecule has 0 saturated heterocycles. The van der Waals surface area contributed by atoms with Crippen molar-refractivity contribution in [2.75, 3.05) is 13.6 Å². The SMILES string of the molecule is C=NN(C)CC1CC(F)(F)CC1C(F)(F)F. The molecule has 1 fully saturated rings. The lowest BCUT2D eigenvalue weighted by atomic mass is 9.95. The zero-order chi connectivity index (χ0) is 12.6. The molecule has 0 aromatic heterocycles. The van der Waals surface area contributed by atoms with Gasteiger partial charge in [0.1, 0.15) is 0 Å². The minimum Gasteiger partial charge on any atom is -0.300 e. The maximum Gasteiger partial charge on any atom is 0.392 e. The van der Waals surface area contributed by atoms with Crippen LogP contribution in [0.15, 0.2) is 5.10 Å². The van der Waals surface area contributed by atoms with Crippen LogP contribution in [0.5, 0.6) is 0 Å². The highest BCUT2D eigenvalue weighted by Crippen LogP contribution is 2.50. The Labute approximate surface area is 90.1 Å². The molecule has 0 aromatic rings. The van der Waals surface area contributed by atoms with Crippen molar-refractivity contribution in [3.63, 3.8) is 0 Å². The molecule has 1 rings (SSSR count). The van der Waals surface area contributed by atoms with E-state index in [2.05, 4.69) is 11.8 Å². The molecule has 2 nitrogen and oxygen atoms in total. The molecule has 0 heterocycles. The van der Waals surface area contributed by atoms with Crippen molar-refractivity contribution in [2.24, 2.45) is 16.9 Å². The molecule has 2 atom stereocenters. The Morgan fingerprint density at radius 1 is 1.38 bits per heavy atom. The number of hydrogen-bond donors (Lipinski definition) is 0. The van der Waals surface area contributed by atoms with Gasteiger partial charge < -0.3 is 5.01 Å². The van der Waals surface area contributed by atoms with Crippen molar-refractivity contribution >= 4 is 6.72 Å². The summed E-state index contributed by atoms with van der Waals surface area (Å²) in [5, 5.41) is 4.54. The van der Waals surface area contributed by atoms with E-state index in [1.54, 1.807) is 0 Å². The highest BCUT2D eigenvalue weighted by Gasteiger charge is 2.56. The smallest absolute Gasteiger partial charge is 0.300 e. The van der Waals surface area contributed by atoms with Gasteiger partial charge in [0.15, 0.2) is 0 Å². The standard InChI is InChI=1S/C9H13F5N2/c1-15-16(2)5-6-3-8(10,11)4-7(6)9(12,13)14/h6-7H,1,3-5H2,2H3. The Morgan fingerprint density at radius 3 is 2.38 bits per heavy atom. The van der Waals surface area contributed by atoms with Crippen molar-refractivity contribution in [1.82, 2.24) is 5.01 Å². The average molecular weight is 244 g/mol. The molecular weight excluding hydrogens is 231 g/mol. The van der Waals surface area contributed by atoms with Gasteiger partial charge in [0, 0.05) is 33.2 Å². The van der Waals surface area contributed by atoms with Gasteiger partial charge in [0.2, 0.25) is 5.92 Å². The third kappa shape index (κ3) is 3.05. The van der Waals surface area contributed by atoms with Gasteiger partial charge in [-0.05, 0) is 5.92 Å². The van der Waals surface area contributed by atoms with Crippen LogP contribution in [-0.2, 0) is 0 Å². The number of hydrazone groups is 1. The lowest BCUT2D eigenvalue weighted by Crippen LogP contribution is -2.32. The van der Waals surface area contributed by atoms with E-state index in [1.165, 1.54) is 7.05 Å². The summed E-state index contributed by atoms with van der Waals surface area (Å²) in [6.45, 7) is 2.98. The van der Waals surface area contributed by atoms with Gasteiger partial charge in [-0.15, -0.1) is 0 Å². The molecule has 1 saturated carbocycles. The Morgan fingerprint density at radius 2 is 1.94 bits per heavy atom. The molecule has 0 spiro atoms. The van der Waals surface area contributed by atoms with E-state index in [0.29, 0.717) is 0 Å². The molecule has 1 aliphatic rings. The molecular formula is C9H13F5N2. The fourth-order valence-corrected chi connectivity index (χ4v) is 2.07. The minimum absolute atomic E-state index is 0.150. The highest BCUT2D eigenvalue weighted by atomic mass is 19.4. The molecule has 16 heavy (non-hydrogen) atoms. The summed E-state index contributed by atoms with van der Waals surface area (Å²) in [4.78, 5) is 0. The van der Waals surface area contributed by atoms with Crippen LogP contribution in [0.1, 0.15) is 12.8 Å². The highest BCUT2D eigenvalue weighted by molar-refractivity contribution is 5.22. The molecule has 2 unspecified atom stereocenters. The van der Waals surface area contributed by atoms with Crippen molar-refractivity contribution in [1.29, 1.82) is 0 Å². The van der Waals surface area contributed by atoms with Crippen LogP contribution >= 0.6 is 0 Å². The lowest BCUT2D eigenvalue weighted by molar-refractivity contribution is -0.188. The largest absolute Gasteiger partial charge is 0.392 e. The first kappa shape index (κ1) is 13.2. The Kier molecular flexibility index (Phi) is 3.44. The van der Waals surface area contributed by atoms with E-state index in [0.717, 1.165) is 5.01 Å². The van der Waals surface area contributed by atoms with Gasteiger partial charge in [-0.25, -0.2) is 8.78 Å². The molecule has 94 valence electrons. The first-order chi connectivity index (χ1) is 7.15.